The van der Waals surface area contributed by atoms with E-state index in [0.717, 1.165) is 39.0 Å². The van der Waals surface area contributed by atoms with Crippen molar-refractivity contribution in [3.63, 3.8) is 0 Å². The first kappa shape index (κ1) is 28.4. The van der Waals surface area contributed by atoms with Gasteiger partial charge in [0.2, 0.25) is 0 Å². The number of furan rings is 1. The van der Waals surface area contributed by atoms with Gasteiger partial charge in [0.25, 0.3) is 0 Å². The Morgan fingerprint density at radius 1 is 0.320 bits per heavy atom. The number of hydrogen-bond acceptors (Lipinski definition) is 2. The van der Waals surface area contributed by atoms with Crippen LogP contribution in [0.25, 0.3) is 76.5 Å². The number of nitrogens with zero attached hydrogens (tertiary/aromatic N) is 1. The molecule has 0 N–H and O–H groups in total. The van der Waals surface area contributed by atoms with Gasteiger partial charge in [0, 0.05) is 33.6 Å². The summed E-state index contributed by atoms with van der Waals surface area (Å²) >= 11 is 0. The van der Waals surface area contributed by atoms with Crippen LogP contribution in [0.2, 0.25) is 0 Å². The standard InChI is InChI=1S/C48H31NO/c1-2-12-32(13-3-1)37-15-6-7-16-38(37)34-22-25-35(26-23-34)49(36-27-29-44-43-20-10-11-21-47(43)50-48(44)30-36)46-31-45-39-17-5-4-14-33(39)24-28-41(45)40-18-8-9-19-42(40)46/h1-31H. The minimum atomic E-state index is 0.873. The number of hydrogen-bond donors (Lipinski definition) is 0. The minimum absolute atomic E-state index is 0.873. The van der Waals surface area contributed by atoms with E-state index in [2.05, 4.69) is 181 Å². The molecule has 0 aliphatic heterocycles. The molecule has 2 nitrogen and oxygen atoms in total. The summed E-state index contributed by atoms with van der Waals surface area (Å²) in [6, 6.07) is 67.5. The Morgan fingerprint density at radius 3 is 1.68 bits per heavy atom. The van der Waals surface area contributed by atoms with Crippen molar-refractivity contribution in [2.24, 2.45) is 0 Å². The maximum Gasteiger partial charge on any atom is 0.137 e. The first-order valence-electron chi connectivity index (χ1n) is 17.1. The second-order valence-corrected chi connectivity index (χ2v) is 12.9. The van der Waals surface area contributed by atoms with Crippen molar-refractivity contribution < 1.29 is 4.42 Å². The highest BCUT2D eigenvalue weighted by Gasteiger charge is 2.20. The zero-order valence-corrected chi connectivity index (χ0v) is 27.3. The lowest BCUT2D eigenvalue weighted by atomic mass is 9.94. The smallest absolute Gasteiger partial charge is 0.137 e. The third-order valence-corrected chi connectivity index (χ3v) is 10.1. The molecule has 0 radical (unpaired) electrons. The van der Waals surface area contributed by atoms with Crippen LogP contribution >= 0.6 is 0 Å². The molecule has 0 spiro atoms. The molecule has 0 aliphatic carbocycles. The van der Waals surface area contributed by atoms with Crippen molar-refractivity contribution in [1.29, 1.82) is 0 Å². The molecule has 9 aromatic carbocycles. The van der Waals surface area contributed by atoms with Gasteiger partial charge in [-0.1, -0.05) is 146 Å². The fraction of sp³-hybridized carbons (Fsp3) is 0. The van der Waals surface area contributed by atoms with Crippen molar-refractivity contribution >= 4 is 71.3 Å². The Morgan fingerprint density at radius 2 is 0.880 bits per heavy atom. The first-order valence-corrected chi connectivity index (χ1v) is 17.1. The van der Waals surface area contributed by atoms with Crippen molar-refractivity contribution in [1.82, 2.24) is 0 Å². The van der Waals surface area contributed by atoms with E-state index in [-0.39, 0.29) is 0 Å². The van der Waals surface area contributed by atoms with Crippen LogP contribution in [0, 0.1) is 0 Å². The number of anilines is 3. The first-order chi connectivity index (χ1) is 24.8. The van der Waals surface area contributed by atoms with Crippen LogP contribution < -0.4 is 4.90 Å². The summed E-state index contributed by atoms with van der Waals surface area (Å²) in [7, 11) is 0. The zero-order valence-electron chi connectivity index (χ0n) is 27.3. The monoisotopic (exact) mass is 637 g/mol. The molecule has 1 aromatic heterocycles. The van der Waals surface area contributed by atoms with Gasteiger partial charge in [0.1, 0.15) is 11.2 Å². The number of fused-ring (bicyclic) bond motifs is 8. The molecule has 50 heavy (non-hydrogen) atoms. The molecule has 1 heterocycles. The summed E-state index contributed by atoms with van der Waals surface area (Å²) in [6.45, 7) is 0. The van der Waals surface area contributed by atoms with Gasteiger partial charge in [-0.25, -0.2) is 0 Å². The van der Waals surface area contributed by atoms with Gasteiger partial charge in [0.15, 0.2) is 0 Å². The van der Waals surface area contributed by atoms with Crippen molar-refractivity contribution in [2.75, 3.05) is 4.90 Å². The molecular formula is C48H31NO. The maximum atomic E-state index is 6.44. The summed E-state index contributed by atoms with van der Waals surface area (Å²) in [5.74, 6) is 0. The molecule has 0 aliphatic rings. The van der Waals surface area contributed by atoms with Crippen molar-refractivity contribution in [3.05, 3.63) is 188 Å². The Hall–Kier alpha value is -6.64. The van der Waals surface area contributed by atoms with Gasteiger partial charge >= 0.3 is 0 Å². The molecule has 234 valence electrons. The van der Waals surface area contributed by atoms with Gasteiger partial charge in [-0.15, -0.1) is 0 Å². The molecule has 0 atom stereocenters. The van der Waals surface area contributed by atoms with Gasteiger partial charge < -0.3 is 9.32 Å². The van der Waals surface area contributed by atoms with Crippen LogP contribution in [0.3, 0.4) is 0 Å². The lowest BCUT2D eigenvalue weighted by Gasteiger charge is -2.28. The number of benzene rings is 9. The van der Waals surface area contributed by atoms with E-state index >= 15 is 0 Å². The molecule has 0 unspecified atom stereocenters. The van der Waals surface area contributed by atoms with Crippen molar-refractivity contribution in [3.8, 4) is 22.3 Å². The molecule has 10 rings (SSSR count). The highest BCUT2D eigenvalue weighted by atomic mass is 16.3. The molecule has 10 aromatic rings. The normalized spacial score (nSPS) is 11.6. The van der Waals surface area contributed by atoms with E-state index in [0.29, 0.717) is 0 Å². The fourth-order valence-corrected chi connectivity index (χ4v) is 7.70. The average Bonchev–Trinajstić information content (AvgIpc) is 3.56. The van der Waals surface area contributed by atoms with Crippen LogP contribution in [0.1, 0.15) is 0 Å². The van der Waals surface area contributed by atoms with Gasteiger partial charge in [-0.3, -0.25) is 0 Å². The molecule has 0 amide bonds. The van der Waals surface area contributed by atoms with E-state index in [1.807, 2.05) is 12.1 Å². The second kappa shape index (κ2) is 11.5. The third-order valence-electron chi connectivity index (χ3n) is 10.1. The van der Waals surface area contributed by atoms with Crippen LogP contribution in [-0.4, -0.2) is 0 Å². The van der Waals surface area contributed by atoms with Crippen LogP contribution in [0.15, 0.2) is 192 Å². The summed E-state index contributed by atoms with van der Waals surface area (Å²) in [5.41, 5.74) is 9.83. The van der Waals surface area contributed by atoms with E-state index in [1.54, 1.807) is 0 Å². The van der Waals surface area contributed by atoms with E-state index in [4.69, 9.17) is 4.42 Å². The summed E-state index contributed by atoms with van der Waals surface area (Å²) in [6.07, 6.45) is 0. The third kappa shape index (κ3) is 4.57. The Bertz CT molecular complexity index is 2870. The summed E-state index contributed by atoms with van der Waals surface area (Å²) < 4.78 is 6.44. The Kier molecular flexibility index (Phi) is 6.53. The lowest BCUT2D eigenvalue weighted by Crippen LogP contribution is -2.10. The van der Waals surface area contributed by atoms with Crippen LogP contribution in [0.5, 0.6) is 0 Å². The average molecular weight is 638 g/mol. The molecule has 0 saturated heterocycles. The minimum Gasteiger partial charge on any atom is -0.456 e. The van der Waals surface area contributed by atoms with E-state index in [1.165, 1.54) is 54.6 Å². The Balaban J connectivity index is 1.21. The van der Waals surface area contributed by atoms with Crippen LogP contribution in [0.4, 0.5) is 17.1 Å². The van der Waals surface area contributed by atoms with E-state index < -0.39 is 0 Å². The molecular weight excluding hydrogens is 607 g/mol. The van der Waals surface area contributed by atoms with Gasteiger partial charge in [-0.05, 0) is 85.6 Å². The zero-order chi connectivity index (χ0) is 33.0. The van der Waals surface area contributed by atoms with Gasteiger partial charge in [-0.2, -0.15) is 0 Å². The maximum absolute atomic E-state index is 6.44. The number of para-hydroxylation sites is 1. The van der Waals surface area contributed by atoms with Crippen LogP contribution in [-0.2, 0) is 0 Å². The van der Waals surface area contributed by atoms with Crippen molar-refractivity contribution in [2.45, 2.75) is 0 Å². The molecule has 2 heteroatoms. The molecule has 0 bridgehead atoms. The summed E-state index contributed by atoms with van der Waals surface area (Å²) in [4.78, 5) is 2.39. The quantitative estimate of drug-likeness (QED) is 0.175. The van der Waals surface area contributed by atoms with Gasteiger partial charge in [0.05, 0.1) is 5.69 Å². The fourth-order valence-electron chi connectivity index (χ4n) is 7.70. The predicted octanol–water partition coefficient (Wildman–Crippen LogP) is 13.8. The number of rotatable bonds is 5. The summed E-state index contributed by atoms with van der Waals surface area (Å²) in [5, 5.41) is 9.64. The second-order valence-electron chi connectivity index (χ2n) is 12.9. The van der Waals surface area contributed by atoms with E-state index in [9.17, 15) is 0 Å². The predicted molar refractivity (Wildman–Crippen MR) is 212 cm³/mol. The largest absolute Gasteiger partial charge is 0.456 e. The molecule has 0 saturated carbocycles. The highest BCUT2D eigenvalue weighted by molar-refractivity contribution is 6.21. The lowest BCUT2D eigenvalue weighted by molar-refractivity contribution is 0.669. The molecule has 0 fully saturated rings. The topological polar surface area (TPSA) is 16.4 Å². The highest BCUT2D eigenvalue weighted by Crippen LogP contribution is 2.45. The Labute approximate surface area is 290 Å². The SMILES string of the molecule is c1ccc(-c2ccccc2-c2ccc(N(c3ccc4c(c3)oc3ccccc34)c3cc4c5ccccc5ccc4c4ccccc34)cc2)cc1.